The van der Waals surface area contributed by atoms with Gasteiger partial charge in [-0.15, -0.1) is 0 Å². The Labute approximate surface area is 119 Å². The number of hydrogen-bond donors (Lipinski definition) is 3. The predicted octanol–water partition coefficient (Wildman–Crippen LogP) is 0.680. The first-order valence-electron chi connectivity index (χ1n) is 5.70. The van der Waals surface area contributed by atoms with Crippen molar-refractivity contribution in [1.82, 2.24) is 19.5 Å². The molecule has 1 aliphatic heterocycles. The summed E-state index contributed by atoms with van der Waals surface area (Å²) in [5.74, 6) is 0.222. The molecule has 3 heterocycles. The fourth-order valence-corrected chi connectivity index (χ4v) is 2.64. The Morgan fingerprint density at radius 1 is 1.60 bits per heavy atom. The van der Waals surface area contributed by atoms with Crippen molar-refractivity contribution in [2.24, 2.45) is 0 Å². The SMILES string of the molecule is Nc1nc2c(ncn2COC2COP(O)OC2)c(=S)[nH]1. The van der Waals surface area contributed by atoms with Gasteiger partial charge >= 0.3 is 8.60 Å². The van der Waals surface area contributed by atoms with Crippen LogP contribution in [0.3, 0.4) is 0 Å². The number of H-pyrrole nitrogens is 1. The molecule has 0 atom stereocenters. The van der Waals surface area contributed by atoms with Gasteiger partial charge in [0.15, 0.2) is 5.65 Å². The summed E-state index contributed by atoms with van der Waals surface area (Å²) in [5.41, 5.74) is 6.74. The van der Waals surface area contributed by atoms with Crippen molar-refractivity contribution < 1.29 is 18.7 Å². The maximum absolute atomic E-state index is 9.09. The number of ether oxygens (including phenoxy) is 1. The summed E-state index contributed by atoms with van der Waals surface area (Å²) in [6.45, 7) is 0.775. The van der Waals surface area contributed by atoms with Gasteiger partial charge in [-0.1, -0.05) is 12.2 Å². The molecule has 1 fully saturated rings. The summed E-state index contributed by atoms with van der Waals surface area (Å²) in [4.78, 5) is 20.1. The minimum Gasteiger partial charge on any atom is -0.369 e. The molecule has 11 heteroatoms. The van der Waals surface area contributed by atoms with E-state index in [4.69, 9.17) is 36.6 Å². The molecule has 0 aromatic carbocycles. The third-order valence-electron chi connectivity index (χ3n) is 2.68. The van der Waals surface area contributed by atoms with Crippen LogP contribution in [-0.4, -0.2) is 43.7 Å². The van der Waals surface area contributed by atoms with Crippen molar-refractivity contribution in [3.05, 3.63) is 11.0 Å². The number of hydrogen-bond acceptors (Lipinski definition) is 8. The Balaban J connectivity index is 1.73. The lowest BCUT2D eigenvalue weighted by molar-refractivity contribution is -0.0631. The minimum atomic E-state index is -1.76. The number of fused-ring (bicyclic) bond motifs is 1. The highest BCUT2D eigenvalue weighted by molar-refractivity contribution is 7.71. The van der Waals surface area contributed by atoms with E-state index in [1.807, 2.05) is 0 Å². The molecule has 9 nitrogen and oxygen atoms in total. The molecular formula is C9H12N5O4PS. The largest absolute Gasteiger partial charge is 0.369 e. The molecule has 0 amide bonds. The molecule has 0 unspecified atom stereocenters. The van der Waals surface area contributed by atoms with Gasteiger partial charge < -0.3 is 29.4 Å². The third kappa shape index (κ3) is 2.80. The van der Waals surface area contributed by atoms with E-state index < -0.39 is 8.60 Å². The van der Waals surface area contributed by atoms with E-state index in [-0.39, 0.29) is 32.0 Å². The lowest BCUT2D eigenvalue weighted by Gasteiger charge is -2.24. The number of nitrogen functional groups attached to an aromatic ring is 1. The molecule has 4 N–H and O–H groups in total. The van der Waals surface area contributed by atoms with E-state index in [9.17, 15) is 0 Å². The molecule has 2 aromatic heterocycles. The van der Waals surface area contributed by atoms with Crippen LogP contribution in [0.5, 0.6) is 0 Å². The molecule has 0 aliphatic carbocycles. The van der Waals surface area contributed by atoms with Gasteiger partial charge in [0.1, 0.15) is 23.0 Å². The Morgan fingerprint density at radius 2 is 2.35 bits per heavy atom. The Kier molecular flexibility index (Phi) is 3.92. The van der Waals surface area contributed by atoms with Gasteiger partial charge in [0, 0.05) is 0 Å². The summed E-state index contributed by atoms with van der Waals surface area (Å²) in [6.07, 6.45) is 1.32. The van der Waals surface area contributed by atoms with Crippen LogP contribution in [0.25, 0.3) is 11.2 Å². The quantitative estimate of drug-likeness (QED) is 0.558. The molecule has 3 rings (SSSR count). The Morgan fingerprint density at radius 3 is 3.10 bits per heavy atom. The van der Waals surface area contributed by atoms with Crippen molar-refractivity contribution in [1.29, 1.82) is 0 Å². The van der Waals surface area contributed by atoms with E-state index in [1.54, 1.807) is 10.9 Å². The summed E-state index contributed by atoms with van der Waals surface area (Å²) < 4.78 is 17.7. The van der Waals surface area contributed by atoms with Gasteiger partial charge in [-0.25, -0.2) is 4.98 Å². The summed E-state index contributed by atoms with van der Waals surface area (Å²) >= 11 is 5.12. The third-order valence-corrected chi connectivity index (χ3v) is 3.72. The number of nitrogens with two attached hydrogens (primary N) is 1. The fraction of sp³-hybridized carbons (Fsp3) is 0.444. The normalized spacial score (nSPS) is 23.2. The first-order valence-corrected chi connectivity index (χ1v) is 7.24. The summed E-state index contributed by atoms with van der Waals surface area (Å²) in [6, 6.07) is 0. The van der Waals surface area contributed by atoms with Crippen LogP contribution in [0.2, 0.25) is 0 Å². The monoisotopic (exact) mass is 317 g/mol. The number of nitrogens with one attached hydrogen (secondary N) is 1. The van der Waals surface area contributed by atoms with E-state index in [1.165, 1.54) is 0 Å². The average molecular weight is 317 g/mol. The number of aromatic amines is 1. The first-order chi connectivity index (χ1) is 9.63. The van der Waals surface area contributed by atoms with Crippen LogP contribution < -0.4 is 5.73 Å². The van der Waals surface area contributed by atoms with E-state index >= 15 is 0 Å². The number of nitrogens with zero attached hydrogens (tertiary/aromatic N) is 3. The maximum Gasteiger partial charge on any atom is 0.330 e. The molecule has 0 bridgehead atoms. The van der Waals surface area contributed by atoms with E-state index in [0.29, 0.717) is 15.8 Å². The number of anilines is 1. The van der Waals surface area contributed by atoms with Gasteiger partial charge in [0.25, 0.3) is 0 Å². The molecule has 0 spiro atoms. The van der Waals surface area contributed by atoms with Crippen molar-refractivity contribution in [2.45, 2.75) is 12.8 Å². The standard InChI is InChI=1S/C9H12N5O4PS/c10-9-12-7-6(8(20)13-9)11-3-14(7)4-16-5-1-17-19(15)18-2-5/h3,5,15H,1-2,4H2,(H3,10,12,13,20). The molecule has 108 valence electrons. The average Bonchev–Trinajstić information content (AvgIpc) is 2.81. The molecular weight excluding hydrogens is 305 g/mol. The zero-order valence-electron chi connectivity index (χ0n) is 10.2. The van der Waals surface area contributed by atoms with Gasteiger partial charge in [0.05, 0.1) is 19.5 Å². The molecule has 20 heavy (non-hydrogen) atoms. The molecule has 1 saturated heterocycles. The van der Waals surface area contributed by atoms with Crippen LogP contribution in [-0.2, 0) is 20.5 Å². The van der Waals surface area contributed by atoms with Crippen LogP contribution in [0, 0.1) is 4.64 Å². The summed E-state index contributed by atoms with van der Waals surface area (Å²) in [7, 11) is -1.76. The zero-order valence-corrected chi connectivity index (χ0v) is 11.9. The molecule has 0 saturated carbocycles. The van der Waals surface area contributed by atoms with E-state index in [0.717, 1.165) is 0 Å². The predicted molar refractivity (Wildman–Crippen MR) is 73.0 cm³/mol. The molecule has 2 aromatic rings. The van der Waals surface area contributed by atoms with Crippen LogP contribution in [0.15, 0.2) is 6.33 Å². The highest BCUT2D eigenvalue weighted by atomic mass is 32.1. The van der Waals surface area contributed by atoms with Crippen molar-refractivity contribution in [3.8, 4) is 0 Å². The number of rotatable bonds is 3. The van der Waals surface area contributed by atoms with Gasteiger partial charge in [-0.2, -0.15) is 4.98 Å². The highest BCUT2D eigenvalue weighted by Gasteiger charge is 2.22. The minimum absolute atomic E-state index is 0.211. The van der Waals surface area contributed by atoms with Crippen LogP contribution in [0.4, 0.5) is 5.95 Å². The highest BCUT2D eigenvalue weighted by Crippen LogP contribution is 2.36. The Bertz CT molecular complexity index is 668. The van der Waals surface area contributed by atoms with E-state index in [2.05, 4.69) is 15.0 Å². The lowest BCUT2D eigenvalue weighted by atomic mass is 10.4. The topological polar surface area (TPSA) is 120 Å². The van der Waals surface area contributed by atoms with Crippen molar-refractivity contribution >= 4 is 37.9 Å². The van der Waals surface area contributed by atoms with Crippen molar-refractivity contribution in [2.75, 3.05) is 18.9 Å². The van der Waals surface area contributed by atoms with Crippen LogP contribution >= 0.6 is 20.8 Å². The zero-order chi connectivity index (χ0) is 14.1. The number of aromatic nitrogens is 4. The van der Waals surface area contributed by atoms with Crippen molar-refractivity contribution in [3.63, 3.8) is 0 Å². The Hall–Kier alpha value is -1.16. The maximum atomic E-state index is 9.09. The van der Waals surface area contributed by atoms with Crippen LogP contribution in [0.1, 0.15) is 0 Å². The fourth-order valence-electron chi connectivity index (χ4n) is 1.73. The van der Waals surface area contributed by atoms with Gasteiger partial charge in [0.2, 0.25) is 5.95 Å². The second-order valence-electron chi connectivity index (χ2n) is 4.08. The van der Waals surface area contributed by atoms with Gasteiger partial charge in [-0.05, 0) is 0 Å². The lowest BCUT2D eigenvalue weighted by Crippen LogP contribution is -2.28. The molecule has 1 aliphatic rings. The molecule has 0 radical (unpaired) electrons. The summed E-state index contributed by atoms with van der Waals surface area (Å²) in [5, 5.41) is 0. The second-order valence-corrected chi connectivity index (χ2v) is 5.49. The number of imidazole rings is 1. The first kappa shape index (κ1) is 13.8. The second kappa shape index (κ2) is 5.68. The van der Waals surface area contributed by atoms with Gasteiger partial charge in [-0.3, -0.25) is 4.57 Å². The smallest absolute Gasteiger partial charge is 0.330 e.